The molecule has 182 valence electrons. The first-order valence-corrected chi connectivity index (χ1v) is 12.5. The van der Waals surface area contributed by atoms with Crippen molar-refractivity contribution in [1.29, 1.82) is 0 Å². The highest BCUT2D eigenvalue weighted by molar-refractivity contribution is 7.14. The summed E-state index contributed by atoms with van der Waals surface area (Å²) in [5.41, 5.74) is 1.84. The number of aromatic nitrogens is 1. The van der Waals surface area contributed by atoms with E-state index in [1.54, 1.807) is 24.1 Å². The van der Waals surface area contributed by atoms with Crippen LogP contribution in [0, 0.1) is 5.92 Å². The molecular weight excluding hydrogens is 464 g/mol. The van der Waals surface area contributed by atoms with Crippen molar-refractivity contribution in [3.63, 3.8) is 0 Å². The van der Waals surface area contributed by atoms with Crippen molar-refractivity contribution in [3.05, 3.63) is 34.8 Å². The van der Waals surface area contributed by atoms with Crippen molar-refractivity contribution >= 4 is 28.3 Å². The molecule has 0 N–H and O–H groups in total. The Bertz CT molecular complexity index is 1070. The smallest absolute Gasteiger partial charge is 0.387 e. The third-order valence-corrected chi connectivity index (χ3v) is 7.47. The van der Waals surface area contributed by atoms with Crippen LogP contribution in [0.15, 0.2) is 23.6 Å². The number of halogens is 2. The van der Waals surface area contributed by atoms with Crippen LogP contribution in [-0.4, -0.2) is 55.1 Å². The Morgan fingerprint density at radius 1 is 1.24 bits per heavy atom. The summed E-state index contributed by atoms with van der Waals surface area (Å²) in [5, 5.41) is 2.64. The molecule has 1 aromatic carbocycles. The normalized spacial score (nSPS) is 20.2. The number of carbonyl (C=O) groups is 2. The lowest BCUT2D eigenvalue weighted by Gasteiger charge is -2.20. The number of ether oxygens (including phenoxy) is 2. The molecule has 2 heterocycles. The monoisotopic (exact) mass is 491 g/mol. The molecule has 34 heavy (non-hydrogen) atoms. The summed E-state index contributed by atoms with van der Waals surface area (Å²) in [6, 6.07) is 4.84. The molecule has 7 nitrogen and oxygen atoms in total. The van der Waals surface area contributed by atoms with Gasteiger partial charge >= 0.3 is 6.61 Å². The first kappa shape index (κ1) is 23.0. The molecule has 3 aliphatic rings. The van der Waals surface area contributed by atoms with E-state index >= 15 is 0 Å². The highest BCUT2D eigenvalue weighted by atomic mass is 32.1. The van der Waals surface area contributed by atoms with Crippen molar-refractivity contribution in [2.75, 3.05) is 31.6 Å². The van der Waals surface area contributed by atoms with Gasteiger partial charge in [-0.05, 0) is 49.3 Å². The van der Waals surface area contributed by atoms with Crippen molar-refractivity contribution < 1.29 is 27.8 Å². The summed E-state index contributed by atoms with van der Waals surface area (Å²) >= 11 is 1.44. The lowest BCUT2D eigenvalue weighted by molar-refractivity contribution is -0.132. The van der Waals surface area contributed by atoms with Gasteiger partial charge < -0.3 is 14.4 Å². The Labute approximate surface area is 200 Å². The van der Waals surface area contributed by atoms with Crippen LogP contribution in [0.3, 0.4) is 0 Å². The van der Waals surface area contributed by atoms with Crippen LogP contribution in [-0.2, 0) is 9.59 Å². The van der Waals surface area contributed by atoms with Gasteiger partial charge in [-0.1, -0.05) is 6.07 Å². The van der Waals surface area contributed by atoms with E-state index in [0.717, 1.165) is 36.9 Å². The van der Waals surface area contributed by atoms with Crippen molar-refractivity contribution in [2.45, 2.75) is 50.6 Å². The second-order valence-electron chi connectivity index (χ2n) is 9.30. The van der Waals surface area contributed by atoms with Crippen molar-refractivity contribution in [3.8, 4) is 11.5 Å². The van der Waals surface area contributed by atoms with E-state index in [0.29, 0.717) is 30.1 Å². The van der Waals surface area contributed by atoms with Crippen molar-refractivity contribution in [1.82, 2.24) is 9.88 Å². The van der Waals surface area contributed by atoms with Crippen LogP contribution in [0.1, 0.15) is 55.2 Å². The molecule has 1 aromatic heterocycles. The Kier molecular flexibility index (Phi) is 6.42. The molecule has 0 unspecified atom stereocenters. The van der Waals surface area contributed by atoms with E-state index in [1.807, 2.05) is 5.38 Å². The molecule has 0 bridgehead atoms. The summed E-state index contributed by atoms with van der Waals surface area (Å²) in [5.74, 6) is 0.763. The zero-order valence-corrected chi connectivity index (χ0v) is 19.7. The number of anilines is 1. The summed E-state index contributed by atoms with van der Waals surface area (Å²) < 4.78 is 36.0. The fourth-order valence-electron chi connectivity index (χ4n) is 4.10. The minimum absolute atomic E-state index is 0.00797. The lowest BCUT2D eigenvalue weighted by Crippen LogP contribution is -2.39. The van der Waals surface area contributed by atoms with E-state index in [9.17, 15) is 18.4 Å². The van der Waals surface area contributed by atoms with Crippen LogP contribution in [0.4, 0.5) is 13.9 Å². The van der Waals surface area contributed by atoms with Crippen LogP contribution >= 0.6 is 11.3 Å². The molecule has 2 aromatic rings. The molecule has 1 atom stereocenters. The molecule has 0 spiro atoms. The molecule has 3 fully saturated rings. The topological polar surface area (TPSA) is 72.0 Å². The van der Waals surface area contributed by atoms with Gasteiger partial charge in [0.2, 0.25) is 11.8 Å². The maximum absolute atomic E-state index is 12.8. The number of nitrogens with zero attached hydrogens (tertiary/aromatic N) is 3. The molecule has 2 aliphatic carbocycles. The second-order valence-corrected chi connectivity index (χ2v) is 10.1. The number of likely N-dealkylation sites (N-methyl/N-ethyl adjacent to an activating group) is 1. The minimum atomic E-state index is -2.95. The highest BCUT2D eigenvalue weighted by Gasteiger charge is 2.34. The van der Waals surface area contributed by atoms with Crippen LogP contribution < -0.4 is 14.4 Å². The van der Waals surface area contributed by atoms with Gasteiger partial charge in [-0.15, -0.1) is 11.3 Å². The van der Waals surface area contributed by atoms with E-state index < -0.39 is 6.61 Å². The third-order valence-electron chi connectivity index (χ3n) is 6.53. The van der Waals surface area contributed by atoms with Gasteiger partial charge in [-0.2, -0.15) is 8.78 Å². The lowest BCUT2D eigenvalue weighted by atomic mass is 9.98. The molecule has 1 aliphatic heterocycles. The predicted octanol–water partition coefficient (Wildman–Crippen LogP) is 4.39. The Balaban J connectivity index is 1.23. The number of hydrogen-bond donors (Lipinski definition) is 0. The first-order valence-electron chi connectivity index (χ1n) is 11.6. The molecule has 2 amide bonds. The second kappa shape index (κ2) is 9.48. The van der Waals surface area contributed by atoms with E-state index in [1.165, 1.54) is 22.3 Å². The summed E-state index contributed by atoms with van der Waals surface area (Å²) in [4.78, 5) is 33.1. The number of benzene rings is 1. The maximum atomic E-state index is 12.8. The van der Waals surface area contributed by atoms with Gasteiger partial charge in [0.05, 0.1) is 12.3 Å². The number of carbonyl (C=O) groups excluding carboxylic acids is 2. The average molecular weight is 492 g/mol. The Morgan fingerprint density at radius 2 is 2.03 bits per heavy atom. The summed E-state index contributed by atoms with van der Waals surface area (Å²) in [7, 11) is 1.68. The number of amides is 2. The van der Waals surface area contributed by atoms with Gasteiger partial charge in [0.25, 0.3) is 0 Å². The van der Waals surface area contributed by atoms with Crippen LogP contribution in [0.5, 0.6) is 11.5 Å². The van der Waals surface area contributed by atoms with Gasteiger partial charge in [0, 0.05) is 37.2 Å². The predicted molar refractivity (Wildman–Crippen MR) is 123 cm³/mol. The van der Waals surface area contributed by atoms with Crippen LogP contribution in [0.2, 0.25) is 0 Å². The fraction of sp³-hybridized carbons (Fsp3) is 0.542. The van der Waals surface area contributed by atoms with Gasteiger partial charge in [-0.25, -0.2) is 4.98 Å². The number of likely N-dealkylation sites (tertiary alicyclic amines) is 1. The largest absolute Gasteiger partial charge is 0.489 e. The average Bonchev–Trinajstić information content (AvgIpc) is 3.74. The quantitative estimate of drug-likeness (QED) is 0.493. The number of thiazole rings is 1. The molecule has 10 heteroatoms. The number of alkyl halides is 2. The molecule has 2 saturated carbocycles. The molecule has 1 saturated heterocycles. The first-order chi connectivity index (χ1) is 16.4. The van der Waals surface area contributed by atoms with Gasteiger partial charge in [0.15, 0.2) is 16.6 Å². The Hall–Kier alpha value is -2.75. The standard InChI is InChI=1S/C24H27F2N3O4S/c1-28(24-27-18(13-34-24)15-4-5-15)22(31)11-29-10-17(9-21(29)30)16-6-7-19(33-23(25)26)20(8-16)32-12-14-2-3-14/h6-8,13-15,17,23H,2-5,9-12H2,1H3/t17-/m1/s1. The number of rotatable bonds is 10. The summed E-state index contributed by atoms with van der Waals surface area (Å²) in [6.07, 6.45) is 4.68. The molecule has 0 radical (unpaired) electrons. The van der Waals surface area contributed by atoms with E-state index in [2.05, 4.69) is 9.72 Å². The van der Waals surface area contributed by atoms with E-state index in [-0.39, 0.29) is 42.2 Å². The fourth-order valence-corrected chi connectivity index (χ4v) is 4.99. The number of hydrogen-bond acceptors (Lipinski definition) is 6. The van der Waals surface area contributed by atoms with E-state index in [4.69, 9.17) is 4.74 Å². The minimum Gasteiger partial charge on any atom is -0.489 e. The van der Waals surface area contributed by atoms with Gasteiger partial charge in [0.1, 0.15) is 6.54 Å². The van der Waals surface area contributed by atoms with Gasteiger partial charge in [-0.3, -0.25) is 14.5 Å². The van der Waals surface area contributed by atoms with Crippen LogP contribution in [0.25, 0.3) is 0 Å². The maximum Gasteiger partial charge on any atom is 0.387 e. The third kappa shape index (κ3) is 5.32. The van der Waals surface area contributed by atoms with Crippen molar-refractivity contribution in [2.24, 2.45) is 5.92 Å². The zero-order valence-electron chi connectivity index (χ0n) is 18.9. The Morgan fingerprint density at radius 3 is 2.74 bits per heavy atom. The molecular formula is C24H27F2N3O4S. The SMILES string of the molecule is CN(C(=O)CN1C[C@H](c2ccc(OC(F)F)c(OCC3CC3)c2)CC1=O)c1nc(C2CC2)cs1. The molecule has 5 rings (SSSR count). The zero-order chi connectivity index (χ0) is 23.8. The summed E-state index contributed by atoms with van der Waals surface area (Å²) in [6.45, 7) is -2.14. The highest BCUT2D eigenvalue weighted by Crippen LogP contribution is 2.41.